The molecule has 29 heavy (non-hydrogen) atoms. The summed E-state index contributed by atoms with van der Waals surface area (Å²) in [6, 6.07) is 11.9. The van der Waals surface area contributed by atoms with Crippen molar-refractivity contribution in [3.05, 3.63) is 58.6 Å². The maximum absolute atomic E-state index is 13.0. The summed E-state index contributed by atoms with van der Waals surface area (Å²) < 4.78 is 38.9. The number of rotatable bonds is 4. The minimum absolute atomic E-state index is 0.230. The number of halogens is 4. The van der Waals surface area contributed by atoms with E-state index in [1.165, 1.54) is 30.7 Å². The van der Waals surface area contributed by atoms with Gasteiger partial charge in [0.05, 0.1) is 10.6 Å². The first-order valence-corrected chi connectivity index (χ1v) is 10.3. The quantitative estimate of drug-likeness (QED) is 0.562. The molecule has 1 saturated heterocycles. The van der Waals surface area contributed by atoms with Gasteiger partial charge in [-0.25, -0.2) is 0 Å². The Kier molecular flexibility index (Phi) is 6.90. The highest BCUT2D eigenvalue weighted by molar-refractivity contribution is 7.80. The molecule has 3 rings (SSSR count). The summed E-state index contributed by atoms with van der Waals surface area (Å²) in [5, 5.41) is 5.69. The monoisotopic (exact) mass is 441 g/mol. The molecule has 0 bridgehead atoms. The van der Waals surface area contributed by atoms with Crippen molar-refractivity contribution in [2.24, 2.45) is 5.92 Å². The molecule has 156 valence electrons. The van der Waals surface area contributed by atoms with Gasteiger partial charge in [-0.1, -0.05) is 30.7 Å². The molecule has 8 heteroatoms. The van der Waals surface area contributed by atoms with E-state index in [-0.39, 0.29) is 15.8 Å². The lowest BCUT2D eigenvalue weighted by Gasteiger charge is -2.32. The third-order valence-corrected chi connectivity index (χ3v) is 5.52. The Labute approximate surface area is 179 Å². The van der Waals surface area contributed by atoms with E-state index in [0.29, 0.717) is 12.5 Å². The summed E-state index contributed by atoms with van der Waals surface area (Å²) in [4.78, 5) is 2.40. The van der Waals surface area contributed by atoms with Gasteiger partial charge in [0.25, 0.3) is 0 Å². The maximum Gasteiger partial charge on any atom is 0.417 e. The van der Waals surface area contributed by atoms with Gasteiger partial charge in [0.15, 0.2) is 5.11 Å². The number of anilines is 2. The minimum Gasteiger partial charge on any atom is -0.371 e. The molecule has 1 fully saturated rings. The standard InChI is InChI=1S/C21H23ClF3N3S/c1-14-3-2-10-28(13-14)17-7-4-15(5-8-17)12-26-20(29)27-16-6-9-19(22)18(11-16)21(23,24)25/h4-9,11,14H,2-3,10,12-13H2,1H3,(H2,26,27,29)/t14-/m0/s1. The van der Waals surface area contributed by atoms with Crippen LogP contribution in [0.1, 0.15) is 30.9 Å². The van der Waals surface area contributed by atoms with E-state index in [1.54, 1.807) is 0 Å². The molecule has 1 aliphatic rings. The van der Waals surface area contributed by atoms with Crippen molar-refractivity contribution >= 4 is 40.3 Å². The Morgan fingerprint density at radius 3 is 2.59 bits per heavy atom. The molecule has 2 aromatic rings. The molecule has 0 aromatic heterocycles. The second kappa shape index (κ2) is 9.22. The number of nitrogens with zero attached hydrogens (tertiary/aromatic N) is 1. The van der Waals surface area contributed by atoms with Gasteiger partial charge in [0.2, 0.25) is 0 Å². The van der Waals surface area contributed by atoms with Crippen LogP contribution >= 0.6 is 23.8 Å². The highest BCUT2D eigenvalue weighted by atomic mass is 35.5. The van der Waals surface area contributed by atoms with Crippen LogP contribution in [0.25, 0.3) is 0 Å². The summed E-state index contributed by atoms with van der Waals surface area (Å²) in [7, 11) is 0. The minimum atomic E-state index is -4.52. The largest absolute Gasteiger partial charge is 0.417 e. The Balaban J connectivity index is 1.54. The number of piperidine rings is 1. The van der Waals surface area contributed by atoms with Crippen LogP contribution in [0.4, 0.5) is 24.5 Å². The average molecular weight is 442 g/mol. The smallest absolute Gasteiger partial charge is 0.371 e. The summed E-state index contributed by atoms with van der Waals surface area (Å²) >= 11 is 10.8. The molecular weight excluding hydrogens is 419 g/mol. The molecular formula is C21H23ClF3N3S. The second-order valence-corrected chi connectivity index (χ2v) is 8.18. The fraction of sp³-hybridized carbons (Fsp3) is 0.381. The predicted octanol–water partition coefficient (Wildman–Crippen LogP) is 6.08. The zero-order valence-electron chi connectivity index (χ0n) is 16.0. The fourth-order valence-corrected chi connectivity index (χ4v) is 3.84. The highest BCUT2D eigenvalue weighted by Gasteiger charge is 2.33. The molecule has 2 aromatic carbocycles. The average Bonchev–Trinajstić information content (AvgIpc) is 2.67. The summed E-state index contributed by atoms with van der Waals surface area (Å²) in [5.74, 6) is 0.708. The van der Waals surface area contributed by atoms with E-state index in [2.05, 4.69) is 34.6 Å². The molecule has 0 spiro atoms. The van der Waals surface area contributed by atoms with E-state index in [9.17, 15) is 13.2 Å². The van der Waals surface area contributed by atoms with Crippen LogP contribution in [0.2, 0.25) is 5.02 Å². The van der Waals surface area contributed by atoms with Crippen LogP contribution < -0.4 is 15.5 Å². The van der Waals surface area contributed by atoms with E-state index in [0.717, 1.165) is 24.7 Å². The van der Waals surface area contributed by atoms with Gasteiger partial charge >= 0.3 is 6.18 Å². The van der Waals surface area contributed by atoms with E-state index in [4.69, 9.17) is 23.8 Å². The second-order valence-electron chi connectivity index (χ2n) is 7.36. The van der Waals surface area contributed by atoms with Crippen LogP contribution in [-0.2, 0) is 12.7 Å². The molecule has 0 unspecified atom stereocenters. The van der Waals surface area contributed by atoms with Gasteiger partial charge in [-0.3, -0.25) is 0 Å². The Morgan fingerprint density at radius 1 is 1.21 bits per heavy atom. The van der Waals surface area contributed by atoms with Gasteiger partial charge in [0, 0.05) is 31.0 Å². The molecule has 0 aliphatic carbocycles. The molecule has 0 radical (unpaired) electrons. The van der Waals surface area contributed by atoms with Crippen LogP contribution in [0.3, 0.4) is 0 Å². The van der Waals surface area contributed by atoms with Gasteiger partial charge in [-0.2, -0.15) is 13.2 Å². The van der Waals surface area contributed by atoms with Gasteiger partial charge in [0.1, 0.15) is 0 Å². The maximum atomic E-state index is 13.0. The van der Waals surface area contributed by atoms with Crippen molar-refractivity contribution in [3.8, 4) is 0 Å². The van der Waals surface area contributed by atoms with Crippen molar-refractivity contribution in [1.82, 2.24) is 5.32 Å². The van der Waals surface area contributed by atoms with Crippen molar-refractivity contribution < 1.29 is 13.2 Å². The third kappa shape index (κ3) is 6.00. The van der Waals surface area contributed by atoms with Crippen LogP contribution in [0.5, 0.6) is 0 Å². The van der Waals surface area contributed by atoms with Gasteiger partial charge in [-0.05, 0) is 66.9 Å². The molecule has 1 aliphatic heterocycles. The molecule has 1 atom stereocenters. The van der Waals surface area contributed by atoms with E-state index < -0.39 is 11.7 Å². The number of alkyl halides is 3. The van der Waals surface area contributed by atoms with Crippen LogP contribution in [0.15, 0.2) is 42.5 Å². The number of thiocarbonyl (C=S) groups is 1. The molecule has 0 amide bonds. The lowest BCUT2D eigenvalue weighted by molar-refractivity contribution is -0.137. The fourth-order valence-electron chi connectivity index (χ4n) is 3.43. The summed E-state index contributed by atoms with van der Waals surface area (Å²) in [6.45, 7) is 4.91. The highest BCUT2D eigenvalue weighted by Crippen LogP contribution is 2.36. The Hall–Kier alpha value is -1.99. The van der Waals surface area contributed by atoms with Crippen LogP contribution in [-0.4, -0.2) is 18.2 Å². The lowest BCUT2D eigenvalue weighted by atomic mass is 9.99. The van der Waals surface area contributed by atoms with Gasteiger partial charge < -0.3 is 15.5 Å². The topological polar surface area (TPSA) is 27.3 Å². The zero-order valence-corrected chi connectivity index (χ0v) is 17.6. The number of benzene rings is 2. The normalized spacial score (nSPS) is 17.1. The van der Waals surface area contributed by atoms with Gasteiger partial charge in [-0.15, -0.1) is 0 Å². The van der Waals surface area contributed by atoms with Crippen molar-refractivity contribution in [3.63, 3.8) is 0 Å². The SMILES string of the molecule is C[C@H]1CCCN(c2ccc(CNC(=S)Nc3ccc(Cl)c(C(F)(F)F)c3)cc2)C1. The third-order valence-electron chi connectivity index (χ3n) is 4.94. The van der Waals surface area contributed by atoms with Crippen LogP contribution in [0, 0.1) is 5.92 Å². The molecule has 0 saturated carbocycles. The molecule has 3 nitrogen and oxygen atoms in total. The first-order chi connectivity index (χ1) is 13.7. The van der Waals surface area contributed by atoms with E-state index >= 15 is 0 Å². The number of nitrogens with one attached hydrogen (secondary N) is 2. The summed E-state index contributed by atoms with van der Waals surface area (Å²) in [6.07, 6.45) is -2.02. The number of hydrogen-bond donors (Lipinski definition) is 2. The molecule has 1 heterocycles. The lowest BCUT2D eigenvalue weighted by Crippen LogP contribution is -2.34. The molecule has 2 N–H and O–H groups in total. The Bertz CT molecular complexity index is 855. The van der Waals surface area contributed by atoms with Crippen molar-refractivity contribution in [1.29, 1.82) is 0 Å². The predicted molar refractivity (Wildman–Crippen MR) is 117 cm³/mol. The first-order valence-electron chi connectivity index (χ1n) is 9.48. The van der Waals surface area contributed by atoms with E-state index in [1.807, 2.05) is 12.1 Å². The zero-order chi connectivity index (χ0) is 21.0. The summed E-state index contributed by atoms with van der Waals surface area (Å²) in [5.41, 5.74) is 1.58. The first kappa shape index (κ1) is 21.7. The van der Waals surface area contributed by atoms with Crippen molar-refractivity contribution in [2.75, 3.05) is 23.3 Å². The van der Waals surface area contributed by atoms with Crippen molar-refractivity contribution in [2.45, 2.75) is 32.5 Å². The number of hydrogen-bond acceptors (Lipinski definition) is 2. The Morgan fingerprint density at radius 2 is 1.93 bits per heavy atom.